The number of hydrogen-bond donors (Lipinski definition) is 0. The van der Waals surface area contributed by atoms with E-state index in [4.69, 9.17) is 4.99 Å². The van der Waals surface area contributed by atoms with Crippen LogP contribution in [0.25, 0.3) is 5.70 Å². The molecule has 1 unspecified atom stereocenters. The fourth-order valence-electron chi connectivity index (χ4n) is 2.28. The summed E-state index contributed by atoms with van der Waals surface area (Å²) in [4.78, 5) is 13.5. The molecule has 2 aliphatic rings. The van der Waals surface area contributed by atoms with Gasteiger partial charge >= 0.3 is 0 Å². The number of aromatic nitrogens is 2. The Morgan fingerprint density at radius 1 is 0.789 bits per heavy atom. The molecule has 3 heterocycles. The van der Waals surface area contributed by atoms with E-state index in [-0.39, 0.29) is 0 Å². The van der Waals surface area contributed by atoms with Gasteiger partial charge in [-0.3, -0.25) is 9.97 Å². The van der Waals surface area contributed by atoms with Gasteiger partial charge in [0.25, 0.3) is 0 Å². The van der Waals surface area contributed by atoms with Gasteiger partial charge in [-0.1, -0.05) is 18.2 Å². The lowest BCUT2D eigenvalue weighted by Gasteiger charge is -2.11. The molecule has 0 spiro atoms. The maximum atomic E-state index is 4.73. The van der Waals surface area contributed by atoms with Gasteiger partial charge in [-0.15, -0.1) is 0 Å². The van der Waals surface area contributed by atoms with Crippen LogP contribution in [0.5, 0.6) is 0 Å². The molecule has 0 aromatic carbocycles. The Morgan fingerprint density at radius 3 is 2.21 bits per heavy atom. The summed E-state index contributed by atoms with van der Waals surface area (Å²) in [5.74, 6) is 0.409. The van der Waals surface area contributed by atoms with Crippen molar-refractivity contribution in [2.24, 2.45) is 10.9 Å². The third kappa shape index (κ3) is 1.80. The summed E-state index contributed by atoms with van der Waals surface area (Å²) < 4.78 is 0. The van der Waals surface area contributed by atoms with Crippen LogP contribution in [0.1, 0.15) is 11.4 Å². The molecule has 3 nitrogen and oxygen atoms in total. The van der Waals surface area contributed by atoms with Crippen LogP contribution in [-0.4, -0.2) is 15.7 Å². The van der Waals surface area contributed by atoms with Gasteiger partial charge in [0.1, 0.15) is 0 Å². The first kappa shape index (κ1) is 10.4. The molecule has 0 radical (unpaired) electrons. The van der Waals surface area contributed by atoms with Crippen LogP contribution in [0.15, 0.2) is 71.5 Å². The second-order valence-corrected chi connectivity index (χ2v) is 4.59. The minimum absolute atomic E-state index is 0.409. The molecule has 0 saturated carbocycles. The van der Waals surface area contributed by atoms with Crippen LogP contribution in [0.3, 0.4) is 0 Å². The van der Waals surface area contributed by atoms with Crippen molar-refractivity contribution in [3.63, 3.8) is 0 Å². The molecular formula is C16H11N3. The van der Waals surface area contributed by atoms with E-state index in [1.807, 2.05) is 36.4 Å². The molecule has 1 aliphatic heterocycles. The Bertz CT molecular complexity index is 712. The lowest BCUT2D eigenvalue weighted by atomic mass is 10.1. The van der Waals surface area contributed by atoms with Crippen LogP contribution >= 0.6 is 0 Å². The molecule has 0 amide bonds. The van der Waals surface area contributed by atoms with Crippen molar-refractivity contribution < 1.29 is 0 Å². The average Bonchev–Trinajstić information content (AvgIpc) is 3.27. The van der Waals surface area contributed by atoms with Crippen molar-refractivity contribution in [3.8, 4) is 0 Å². The van der Waals surface area contributed by atoms with Gasteiger partial charge in [-0.2, -0.15) is 0 Å². The van der Waals surface area contributed by atoms with Crippen molar-refractivity contribution in [2.45, 2.75) is 0 Å². The zero-order valence-electron chi connectivity index (χ0n) is 10.2. The molecule has 2 aromatic rings. The second kappa shape index (κ2) is 3.99. The molecule has 19 heavy (non-hydrogen) atoms. The van der Waals surface area contributed by atoms with Crippen LogP contribution in [-0.2, 0) is 0 Å². The highest BCUT2D eigenvalue weighted by molar-refractivity contribution is 6.18. The fourth-order valence-corrected chi connectivity index (χ4v) is 2.28. The maximum absolute atomic E-state index is 4.73. The van der Waals surface area contributed by atoms with E-state index in [1.54, 1.807) is 12.4 Å². The van der Waals surface area contributed by atoms with Crippen molar-refractivity contribution in [1.29, 1.82) is 0 Å². The normalized spacial score (nSPS) is 20.0. The van der Waals surface area contributed by atoms with Crippen LogP contribution in [0.4, 0.5) is 0 Å². The van der Waals surface area contributed by atoms with Gasteiger partial charge in [0.2, 0.25) is 0 Å². The highest BCUT2D eigenvalue weighted by atomic mass is 14.9. The fraction of sp³-hybridized carbons (Fsp3) is 0.0625. The van der Waals surface area contributed by atoms with Gasteiger partial charge < -0.3 is 0 Å². The van der Waals surface area contributed by atoms with Gasteiger partial charge in [0.05, 0.1) is 22.8 Å². The zero-order valence-corrected chi connectivity index (χ0v) is 10.2. The van der Waals surface area contributed by atoms with Crippen molar-refractivity contribution in [1.82, 2.24) is 9.97 Å². The number of nitrogens with zero attached hydrogens (tertiary/aromatic N) is 3. The van der Waals surface area contributed by atoms with E-state index < -0.39 is 0 Å². The molecule has 4 rings (SSSR count). The first-order valence-corrected chi connectivity index (χ1v) is 6.27. The van der Waals surface area contributed by atoms with E-state index in [9.17, 15) is 0 Å². The molecule has 0 N–H and O–H groups in total. The minimum atomic E-state index is 0.409. The number of allylic oxidation sites excluding steroid dienone is 3. The van der Waals surface area contributed by atoms with Crippen LogP contribution in [0.2, 0.25) is 0 Å². The molecule has 2 aromatic heterocycles. The standard InChI is InChI=1S/C16H11N3/c1-3-7-17-13(5-1)15-10-11-9-12(11)16(19-15)14-6-2-4-8-18-14/h1-11H. The second-order valence-electron chi connectivity index (χ2n) is 4.59. The lowest BCUT2D eigenvalue weighted by Crippen LogP contribution is -2.08. The minimum Gasteiger partial charge on any atom is -0.255 e. The van der Waals surface area contributed by atoms with Crippen LogP contribution < -0.4 is 0 Å². The molecule has 0 bridgehead atoms. The topological polar surface area (TPSA) is 38.1 Å². The Labute approximate surface area is 111 Å². The van der Waals surface area contributed by atoms with Crippen LogP contribution in [0, 0.1) is 5.92 Å². The van der Waals surface area contributed by atoms with Crippen molar-refractivity contribution in [2.75, 3.05) is 0 Å². The smallest absolute Gasteiger partial charge is 0.0932 e. The van der Waals surface area contributed by atoms with E-state index >= 15 is 0 Å². The largest absolute Gasteiger partial charge is 0.255 e. The molecule has 1 aliphatic carbocycles. The summed E-state index contributed by atoms with van der Waals surface area (Å²) in [6.07, 6.45) is 7.96. The summed E-state index contributed by atoms with van der Waals surface area (Å²) in [5, 5.41) is 0. The van der Waals surface area contributed by atoms with Gasteiger partial charge in [0.15, 0.2) is 0 Å². The maximum Gasteiger partial charge on any atom is 0.0932 e. The highest BCUT2D eigenvalue weighted by Crippen LogP contribution is 2.40. The lowest BCUT2D eigenvalue weighted by molar-refractivity contribution is 1.15. The van der Waals surface area contributed by atoms with Gasteiger partial charge in [-0.25, -0.2) is 4.99 Å². The number of pyridine rings is 2. The summed E-state index contributed by atoms with van der Waals surface area (Å²) in [6.45, 7) is 0. The number of aliphatic imine (C=N–C) groups is 1. The van der Waals surface area contributed by atoms with E-state index in [0.717, 1.165) is 22.8 Å². The number of hydrogen-bond acceptors (Lipinski definition) is 3. The predicted molar refractivity (Wildman–Crippen MR) is 74.6 cm³/mol. The monoisotopic (exact) mass is 245 g/mol. The summed E-state index contributed by atoms with van der Waals surface area (Å²) in [7, 11) is 0. The molecule has 90 valence electrons. The molecular weight excluding hydrogens is 234 g/mol. The summed E-state index contributed by atoms with van der Waals surface area (Å²) in [5.41, 5.74) is 5.03. The SMILES string of the molecule is C1=C(c2ccccn2)N=C(c2ccccn2)C2=CC12. The average molecular weight is 245 g/mol. The van der Waals surface area contributed by atoms with Gasteiger partial charge in [0, 0.05) is 18.3 Å². The summed E-state index contributed by atoms with van der Waals surface area (Å²) >= 11 is 0. The first-order chi connectivity index (χ1) is 9.42. The predicted octanol–water partition coefficient (Wildman–Crippen LogP) is 2.88. The number of rotatable bonds is 2. The van der Waals surface area contributed by atoms with E-state index in [1.165, 1.54) is 5.57 Å². The van der Waals surface area contributed by atoms with E-state index in [0.29, 0.717) is 5.92 Å². The van der Waals surface area contributed by atoms with Crippen molar-refractivity contribution in [3.05, 3.63) is 77.9 Å². The molecule has 1 atom stereocenters. The molecule has 0 fully saturated rings. The van der Waals surface area contributed by atoms with E-state index in [2.05, 4.69) is 22.1 Å². The Morgan fingerprint density at radius 2 is 1.53 bits per heavy atom. The Balaban J connectivity index is 1.79. The van der Waals surface area contributed by atoms with Gasteiger partial charge in [-0.05, 0) is 35.9 Å². The molecule has 0 saturated heterocycles. The Kier molecular flexibility index (Phi) is 2.18. The number of fused-ring (bicyclic) bond motifs is 1. The Hall–Kier alpha value is -2.55. The molecule has 3 heteroatoms. The first-order valence-electron chi connectivity index (χ1n) is 6.27. The van der Waals surface area contributed by atoms with Crippen molar-refractivity contribution >= 4 is 11.4 Å². The third-order valence-electron chi connectivity index (χ3n) is 3.29. The third-order valence-corrected chi connectivity index (χ3v) is 3.29. The quantitative estimate of drug-likeness (QED) is 0.816. The zero-order chi connectivity index (χ0) is 12.7. The highest BCUT2D eigenvalue weighted by Gasteiger charge is 2.32. The summed E-state index contributed by atoms with van der Waals surface area (Å²) in [6, 6.07) is 11.8.